The van der Waals surface area contributed by atoms with Crippen molar-refractivity contribution in [1.82, 2.24) is 4.98 Å². The number of rotatable bonds is 2. The molecule has 1 heterocycles. The standard InChI is InChI=1S/C16H13ClN2O/c1-9-14(10-5-2-3-8-13(10)19-9)16(20)11-6-4-7-12(17)15(11)18/h2-8,19H,18H2,1H3. The summed E-state index contributed by atoms with van der Waals surface area (Å²) in [5.41, 5.74) is 9.10. The molecule has 20 heavy (non-hydrogen) atoms. The molecule has 0 saturated heterocycles. The summed E-state index contributed by atoms with van der Waals surface area (Å²) >= 11 is 5.99. The van der Waals surface area contributed by atoms with Gasteiger partial charge in [-0.3, -0.25) is 4.79 Å². The number of carbonyl (C=O) groups excluding carboxylic acids is 1. The summed E-state index contributed by atoms with van der Waals surface area (Å²) in [5, 5.41) is 1.29. The van der Waals surface area contributed by atoms with Crippen molar-refractivity contribution in [3.05, 3.63) is 64.3 Å². The van der Waals surface area contributed by atoms with Gasteiger partial charge in [0.2, 0.25) is 0 Å². The van der Waals surface area contributed by atoms with Crippen LogP contribution < -0.4 is 5.73 Å². The molecule has 3 nitrogen and oxygen atoms in total. The maximum absolute atomic E-state index is 12.8. The molecule has 1 aromatic heterocycles. The zero-order chi connectivity index (χ0) is 14.3. The lowest BCUT2D eigenvalue weighted by Crippen LogP contribution is -2.06. The number of fused-ring (bicyclic) bond motifs is 1. The Balaban J connectivity index is 2.23. The van der Waals surface area contributed by atoms with Gasteiger partial charge in [0.1, 0.15) is 0 Å². The van der Waals surface area contributed by atoms with E-state index in [0.29, 0.717) is 21.8 Å². The quantitative estimate of drug-likeness (QED) is 0.553. The summed E-state index contributed by atoms with van der Waals surface area (Å²) in [5.74, 6) is -0.111. The number of aryl methyl sites for hydroxylation is 1. The van der Waals surface area contributed by atoms with Gasteiger partial charge in [0.25, 0.3) is 0 Å². The Morgan fingerprint density at radius 2 is 1.90 bits per heavy atom. The number of nitrogen functional groups attached to an aromatic ring is 1. The van der Waals surface area contributed by atoms with Crippen molar-refractivity contribution in [2.75, 3.05) is 5.73 Å². The van der Waals surface area contributed by atoms with Crippen molar-refractivity contribution in [3.8, 4) is 0 Å². The van der Waals surface area contributed by atoms with Gasteiger partial charge in [-0.05, 0) is 25.1 Å². The summed E-state index contributed by atoms with van der Waals surface area (Å²) < 4.78 is 0. The predicted molar refractivity (Wildman–Crippen MR) is 82.3 cm³/mol. The van der Waals surface area contributed by atoms with Crippen LogP contribution in [-0.2, 0) is 0 Å². The maximum atomic E-state index is 12.8. The van der Waals surface area contributed by atoms with Crippen molar-refractivity contribution >= 4 is 34.0 Å². The second-order valence-corrected chi connectivity index (χ2v) is 5.11. The molecule has 3 rings (SSSR count). The summed E-state index contributed by atoms with van der Waals surface area (Å²) in [6, 6.07) is 12.8. The average Bonchev–Trinajstić information content (AvgIpc) is 2.77. The highest BCUT2D eigenvalue weighted by molar-refractivity contribution is 6.34. The Bertz CT molecular complexity index is 820. The van der Waals surface area contributed by atoms with E-state index < -0.39 is 0 Å². The van der Waals surface area contributed by atoms with Crippen LogP contribution >= 0.6 is 11.6 Å². The van der Waals surface area contributed by atoms with Crippen LogP contribution in [-0.4, -0.2) is 10.8 Å². The fraction of sp³-hybridized carbons (Fsp3) is 0.0625. The number of para-hydroxylation sites is 2. The van der Waals surface area contributed by atoms with Crippen LogP contribution in [0.3, 0.4) is 0 Å². The molecule has 0 aliphatic carbocycles. The Kier molecular flexibility index (Phi) is 2.99. The third-order valence-corrected chi connectivity index (χ3v) is 3.75. The highest BCUT2D eigenvalue weighted by atomic mass is 35.5. The molecule has 0 spiro atoms. The van der Waals surface area contributed by atoms with E-state index in [2.05, 4.69) is 4.98 Å². The Hall–Kier alpha value is -2.26. The summed E-state index contributed by atoms with van der Waals surface area (Å²) in [7, 11) is 0. The van der Waals surface area contributed by atoms with Crippen LogP contribution in [0.4, 0.5) is 5.69 Å². The molecule has 0 bridgehead atoms. The fourth-order valence-corrected chi connectivity index (χ4v) is 2.61. The molecule has 3 N–H and O–H groups in total. The summed E-state index contributed by atoms with van der Waals surface area (Å²) in [6.45, 7) is 1.88. The Morgan fingerprint density at radius 1 is 1.15 bits per heavy atom. The van der Waals surface area contributed by atoms with Gasteiger partial charge < -0.3 is 10.7 Å². The van der Waals surface area contributed by atoms with E-state index in [-0.39, 0.29) is 5.78 Å². The lowest BCUT2D eigenvalue weighted by atomic mass is 9.99. The number of halogens is 1. The van der Waals surface area contributed by atoms with Gasteiger partial charge in [0.05, 0.1) is 16.3 Å². The topological polar surface area (TPSA) is 58.9 Å². The van der Waals surface area contributed by atoms with Crippen molar-refractivity contribution in [1.29, 1.82) is 0 Å². The first kappa shape index (κ1) is 12.8. The first-order chi connectivity index (χ1) is 9.59. The molecule has 0 atom stereocenters. The first-order valence-corrected chi connectivity index (χ1v) is 6.63. The normalized spacial score (nSPS) is 10.9. The highest BCUT2D eigenvalue weighted by Gasteiger charge is 2.20. The minimum absolute atomic E-state index is 0.111. The van der Waals surface area contributed by atoms with Crippen LogP contribution in [0.2, 0.25) is 5.02 Å². The van der Waals surface area contributed by atoms with Gasteiger partial charge in [-0.2, -0.15) is 0 Å². The number of nitrogens with one attached hydrogen (secondary N) is 1. The maximum Gasteiger partial charge on any atom is 0.197 e. The van der Waals surface area contributed by atoms with Crippen LogP contribution in [0.5, 0.6) is 0 Å². The fourth-order valence-electron chi connectivity index (χ4n) is 2.44. The van der Waals surface area contributed by atoms with Gasteiger partial charge in [0.15, 0.2) is 5.78 Å². The zero-order valence-electron chi connectivity index (χ0n) is 10.9. The van der Waals surface area contributed by atoms with Gasteiger partial charge in [-0.25, -0.2) is 0 Å². The number of nitrogens with two attached hydrogens (primary N) is 1. The molecule has 3 aromatic rings. The molecule has 0 saturated carbocycles. The molecule has 4 heteroatoms. The van der Waals surface area contributed by atoms with E-state index in [1.165, 1.54) is 0 Å². The molecular weight excluding hydrogens is 272 g/mol. The van der Waals surface area contributed by atoms with Crippen LogP contribution in [0.15, 0.2) is 42.5 Å². The number of carbonyl (C=O) groups is 1. The third kappa shape index (κ3) is 1.87. The van der Waals surface area contributed by atoms with Gasteiger partial charge >= 0.3 is 0 Å². The van der Waals surface area contributed by atoms with E-state index in [1.54, 1.807) is 18.2 Å². The van der Waals surface area contributed by atoms with E-state index in [0.717, 1.165) is 16.6 Å². The number of benzene rings is 2. The number of hydrogen-bond acceptors (Lipinski definition) is 2. The molecule has 0 radical (unpaired) electrons. The number of aromatic nitrogens is 1. The SMILES string of the molecule is Cc1[nH]c2ccccc2c1C(=O)c1cccc(Cl)c1N. The molecule has 0 amide bonds. The second kappa shape index (κ2) is 4.69. The number of aromatic amines is 1. The number of anilines is 1. The minimum Gasteiger partial charge on any atom is -0.397 e. The highest BCUT2D eigenvalue weighted by Crippen LogP contribution is 2.29. The Morgan fingerprint density at radius 3 is 2.70 bits per heavy atom. The average molecular weight is 285 g/mol. The lowest BCUT2D eigenvalue weighted by molar-refractivity contribution is 0.104. The predicted octanol–water partition coefficient (Wildman–Crippen LogP) is 3.94. The van der Waals surface area contributed by atoms with Gasteiger partial charge in [-0.15, -0.1) is 0 Å². The largest absolute Gasteiger partial charge is 0.397 e. The number of hydrogen-bond donors (Lipinski definition) is 2. The number of ketones is 1. The molecule has 0 aliphatic rings. The van der Waals surface area contributed by atoms with Crippen molar-refractivity contribution in [2.45, 2.75) is 6.92 Å². The molecule has 0 aliphatic heterocycles. The van der Waals surface area contributed by atoms with Crippen LogP contribution in [0, 0.1) is 6.92 Å². The molecule has 100 valence electrons. The van der Waals surface area contributed by atoms with Gasteiger partial charge in [0, 0.05) is 22.2 Å². The summed E-state index contributed by atoms with van der Waals surface area (Å²) in [4.78, 5) is 16.0. The van der Waals surface area contributed by atoms with Gasteiger partial charge in [-0.1, -0.05) is 35.9 Å². The molecule has 0 unspecified atom stereocenters. The minimum atomic E-state index is -0.111. The zero-order valence-corrected chi connectivity index (χ0v) is 11.7. The third-order valence-electron chi connectivity index (χ3n) is 3.42. The van der Waals surface area contributed by atoms with Crippen molar-refractivity contribution < 1.29 is 4.79 Å². The van der Waals surface area contributed by atoms with Crippen LogP contribution in [0.25, 0.3) is 10.9 Å². The van der Waals surface area contributed by atoms with Crippen LogP contribution in [0.1, 0.15) is 21.6 Å². The first-order valence-electron chi connectivity index (χ1n) is 6.25. The van der Waals surface area contributed by atoms with Crippen molar-refractivity contribution in [2.24, 2.45) is 0 Å². The lowest BCUT2D eigenvalue weighted by Gasteiger charge is -2.06. The molecule has 0 fully saturated rings. The molecular formula is C16H13ClN2O. The van der Waals surface area contributed by atoms with E-state index in [1.807, 2.05) is 31.2 Å². The Labute approximate surface area is 121 Å². The number of H-pyrrole nitrogens is 1. The smallest absolute Gasteiger partial charge is 0.197 e. The monoisotopic (exact) mass is 284 g/mol. The van der Waals surface area contributed by atoms with E-state index in [9.17, 15) is 4.79 Å². The summed E-state index contributed by atoms with van der Waals surface area (Å²) in [6.07, 6.45) is 0. The van der Waals surface area contributed by atoms with E-state index >= 15 is 0 Å². The second-order valence-electron chi connectivity index (χ2n) is 4.70. The van der Waals surface area contributed by atoms with Crippen molar-refractivity contribution in [3.63, 3.8) is 0 Å². The van der Waals surface area contributed by atoms with E-state index in [4.69, 9.17) is 17.3 Å². The molecule has 2 aromatic carbocycles.